The van der Waals surface area contributed by atoms with Crippen LogP contribution in [-0.4, -0.2) is 73.7 Å². The van der Waals surface area contributed by atoms with Crippen LogP contribution in [0.25, 0.3) is 0 Å². The minimum absolute atomic E-state index is 0.0234. The van der Waals surface area contributed by atoms with Crippen molar-refractivity contribution in [2.75, 3.05) is 40.0 Å². The first-order valence-corrected chi connectivity index (χ1v) is 9.17. The van der Waals surface area contributed by atoms with E-state index in [9.17, 15) is 9.59 Å². The minimum atomic E-state index is -0.105. The van der Waals surface area contributed by atoms with E-state index in [1.54, 1.807) is 28.2 Å². The molecular weight excluding hydrogens is 328 g/mol. The second-order valence-electron chi connectivity index (χ2n) is 6.60. The van der Waals surface area contributed by atoms with Crippen LogP contribution in [-0.2, 0) is 14.3 Å². The molecule has 0 saturated carbocycles. The first-order chi connectivity index (χ1) is 11.5. The van der Waals surface area contributed by atoms with E-state index in [1.807, 2.05) is 11.4 Å². The van der Waals surface area contributed by atoms with Crippen molar-refractivity contribution in [2.45, 2.75) is 31.9 Å². The number of nitrogens with zero attached hydrogens (tertiary/aromatic N) is 2. The molecule has 1 aromatic heterocycles. The molecule has 132 valence electrons. The lowest BCUT2D eigenvalue weighted by Gasteiger charge is -2.36. The molecule has 2 aliphatic rings. The Morgan fingerprint density at radius 1 is 1.46 bits per heavy atom. The van der Waals surface area contributed by atoms with Crippen molar-refractivity contribution in [1.29, 1.82) is 0 Å². The molecule has 24 heavy (non-hydrogen) atoms. The molecule has 0 unspecified atom stereocenters. The standard InChI is InChI=1S/C17H24N2O4S/c1-11(2)15-6-12(10-24-15)17(21)18-7-13-14(8-18)23-9-16(20)19(13)4-5-22-3/h6,10-11,13-14H,4-5,7-9H2,1-3H3/t13-,14-/m0/s1. The van der Waals surface area contributed by atoms with E-state index >= 15 is 0 Å². The highest BCUT2D eigenvalue weighted by atomic mass is 32.1. The molecule has 0 N–H and O–H groups in total. The molecule has 7 heteroatoms. The zero-order chi connectivity index (χ0) is 17.3. The molecule has 0 aliphatic carbocycles. The highest BCUT2D eigenvalue weighted by Crippen LogP contribution is 2.28. The molecule has 2 saturated heterocycles. The van der Waals surface area contributed by atoms with Gasteiger partial charge in [0.05, 0.1) is 24.3 Å². The van der Waals surface area contributed by atoms with Gasteiger partial charge in [-0.15, -0.1) is 11.3 Å². The molecule has 1 aromatic rings. The smallest absolute Gasteiger partial charge is 0.254 e. The van der Waals surface area contributed by atoms with Gasteiger partial charge in [0.2, 0.25) is 5.91 Å². The third kappa shape index (κ3) is 3.34. The Hall–Kier alpha value is -1.44. The molecular formula is C17H24N2O4S. The van der Waals surface area contributed by atoms with Crippen LogP contribution >= 0.6 is 11.3 Å². The van der Waals surface area contributed by atoms with Crippen LogP contribution in [0, 0.1) is 0 Å². The van der Waals surface area contributed by atoms with Crippen LogP contribution in [0.4, 0.5) is 0 Å². The predicted molar refractivity (Wildman–Crippen MR) is 91.4 cm³/mol. The Kier molecular flexibility index (Phi) is 5.22. The largest absolute Gasteiger partial charge is 0.383 e. The van der Waals surface area contributed by atoms with E-state index in [0.29, 0.717) is 32.2 Å². The summed E-state index contributed by atoms with van der Waals surface area (Å²) in [6.07, 6.45) is -0.105. The van der Waals surface area contributed by atoms with Crippen LogP contribution in [0.1, 0.15) is 35.0 Å². The fraction of sp³-hybridized carbons (Fsp3) is 0.647. The van der Waals surface area contributed by atoms with E-state index in [0.717, 1.165) is 5.56 Å². The Balaban J connectivity index is 1.70. The van der Waals surface area contributed by atoms with Crippen LogP contribution < -0.4 is 0 Å². The third-order valence-corrected chi connectivity index (χ3v) is 5.87. The van der Waals surface area contributed by atoms with Gasteiger partial charge in [-0.25, -0.2) is 0 Å². The van der Waals surface area contributed by atoms with Crippen LogP contribution in [0.15, 0.2) is 11.4 Å². The molecule has 3 heterocycles. The number of morpholine rings is 1. The maximum absolute atomic E-state index is 12.8. The number of carbonyl (C=O) groups is 2. The van der Waals surface area contributed by atoms with Gasteiger partial charge >= 0.3 is 0 Å². The highest BCUT2D eigenvalue weighted by Gasteiger charge is 2.44. The van der Waals surface area contributed by atoms with Crippen LogP contribution in [0.5, 0.6) is 0 Å². The van der Waals surface area contributed by atoms with E-state index in [2.05, 4.69) is 13.8 Å². The number of methoxy groups -OCH3 is 1. The first kappa shape index (κ1) is 17.4. The number of likely N-dealkylation sites (tertiary alicyclic amines) is 1. The summed E-state index contributed by atoms with van der Waals surface area (Å²) in [4.78, 5) is 29.7. The number of hydrogen-bond acceptors (Lipinski definition) is 5. The van der Waals surface area contributed by atoms with Crippen molar-refractivity contribution in [3.63, 3.8) is 0 Å². The Morgan fingerprint density at radius 2 is 2.25 bits per heavy atom. The second kappa shape index (κ2) is 7.21. The topological polar surface area (TPSA) is 59.1 Å². The summed E-state index contributed by atoms with van der Waals surface area (Å²) in [7, 11) is 1.62. The Bertz CT molecular complexity index is 615. The fourth-order valence-corrected chi connectivity index (χ4v) is 4.16. The van der Waals surface area contributed by atoms with Gasteiger partial charge in [0.15, 0.2) is 0 Å². The van der Waals surface area contributed by atoms with Crippen molar-refractivity contribution in [2.24, 2.45) is 0 Å². The summed E-state index contributed by atoms with van der Waals surface area (Å²) in [5.74, 6) is 0.415. The minimum Gasteiger partial charge on any atom is -0.383 e. The summed E-state index contributed by atoms with van der Waals surface area (Å²) in [5.41, 5.74) is 0.733. The maximum atomic E-state index is 12.8. The number of rotatable bonds is 5. The average Bonchev–Trinajstić information content (AvgIpc) is 3.20. The number of carbonyl (C=O) groups excluding carboxylic acids is 2. The summed E-state index contributed by atoms with van der Waals surface area (Å²) in [6.45, 7) is 6.42. The zero-order valence-corrected chi connectivity index (χ0v) is 15.2. The zero-order valence-electron chi connectivity index (χ0n) is 14.4. The van der Waals surface area contributed by atoms with Gasteiger partial charge in [0, 0.05) is 37.0 Å². The first-order valence-electron chi connectivity index (χ1n) is 8.29. The maximum Gasteiger partial charge on any atom is 0.254 e. The van der Waals surface area contributed by atoms with E-state index in [4.69, 9.17) is 9.47 Å². The molecule has 0 bridgehead atoms. The molecule has 3 rings (SSSR count). The quantitative estimate of drug-likeness (QED) is 0.807. The lowest BCUT2D eigenvalue weighted by atomic mass is 10.1. The lowest BCUT2D eigenvalue weighted by molar-refractivity contribution is -0.153. The lowest BCUT2D eigenvalue weighted by Crippen LogP contribution is -2.54. The number of thiophene rings is 1. The van der Waals surface area contributed by atoms with Crippen molar-refractivity contribution in [3.8, 4) is 0 Å². The summed E-state index contributed by atoms with van der Waals surface area (Å²) < 4.78 is 10.8. The number of fused-ring (bicyclic) bond motifs is 1. The van der Waals surface area contributed by atoms with Gasteiger partial charge in [-0.2, -0.15) is 0 Å². The normalized spacial score (nSPS) is 23.9. The third-order valence-electron chi connectivity index (χ3n) is 4.64. The molecule has 2 amide bonds. The Morgan fingerprint density at radius 3 is 2.92 bits per heavy atom. The molecule has 2 fully saturated rings. The van der Waals surface area contributed by atoms with Crippen molar-refractivity contribution in [3.05, 3.63) is 21.9 Å². The summed E-state index contributed by atoms with van der Waals surface area (Å²) in [5, 5.41) is 1.92. The van der Waals surface area contributed by atoms with Crippen LogP contribution in [0.2, 0.25) is 0 Å². The molecule has 0 aromatic carbocycles. The van der Waals surface area contributed by atoms with Crippen molar-refractivity contribution in [1.82, 2.24) is 9.80 Å². The van der Waals surface area contributed by atoms with Crippen molar-refractivity contribution >= 4 is 23.2 Å². The average molecular weight is 352 g/mol. The number of ether oxygens (including phenoxy) is 2. The van der Waals surface area contributed by atoms with Gasteiger partial charge in [-0.1, -0.05) is 13.8 Å². The Labute approximate surface area is 146 Å². The van der Waals surface area contributed by atoms with Gasteiger partial charge in [-0.05, 0) is 12.0 Å². The number of hydrogen-bond donors (Lipinski definition) is 0. The highest BCUT2D eigenvalue weighted by molar-refractivity contribution is 7.10. The van der Waals surface area contributed by atoms with E-state index in [-0.39, 0.29) is 30.6 Å². The monoisotopic (exact) mass is 352 g/mol. The van der Waals surface area contributed by atoms with Gasteiger partial charge in [0.25, 0.3) is 5.91 Å². The predicted octanol–water partition coefficient (Wildman–Crippen LogP) is 1.57. The van der Waals surface area contributed by atoms with Crippen LogP contribution in [0.3, 0.4) is 0 Å². The van der Waals surface area contributed by atoms with Gasteiger partial charge in [0.1, 0.15) is 6.61 Å². The molecule has 6 nitrogen and oxygen atoms in total. The second-order valence-corrected chi connectivity index (χ2v) is 7.54. The van der Waals surface area contributed by atoms with E-state index in [1.165, 1.54) is 4.88 Å². The van der Waals surface area contributed by atoms with E-state index < -0.39 is 0 Å². The number of amides is 2. The fourth-order valence-electron chi connectivity index (χ4n) is 3.26. The summed E-state index contributed by atoms with van der Waals surface area (Å²) in [6, 6.07) is 1.91. The molecule has 2 aliphatic heterocycles. The van der Waals surface area contributed by atoms with Crippen molar-refractivity contribution < 1.29 is 19.1 Å². The molecule has 2 atom stereocenters. The molecule has 0 spiro atoms. The SMILES string of the molecule is COCCN1C(=O)CO[C@H]2CN(C(=O)c3csc(C(C)C)c3)C[C@@H]21. The summed E-state index contributed by atoms with van der Waals surface area (Å²) >= 11 is 1.62. The van der Waals surface area contributed by atoms with Gasteiger partial charge < -0.3 is 19.3 Å². The van der Waals surface area contributed by atoms with Gasteiger partial charge in [-0.3, -0.25) is 9.59 Å². The molecule has 0 radical (unpaired) electrons.